The van der Waals surface area contributed by atoms with E-state index in [-0.39, 0.29) is 11.0 Å². The van der Waals surface area contributed by atoms with Crippen molar-refractivity contribution in [2.75, 3.05) is 11.9 Å². The average molecular weight is 474 g/mol. The summed E-state index contributed by atoms with van der Waals surface area (Å²) in [5.74, 6) is 1.37. The second-order valence-corrected chi connectivity index (χ2v) is 8.41. The van der Waals surface area contributed by atoms with Gasteiger partial charge in [-0.2, -0.15) is 0 Å². The van der Waals surface area contributed by atoms with Crippen molar-refractivity contribution in [3.8, 4) is 17.2 Å². The molecule has 34 heavy (non-hydrogen) atoms. The Morgan fingerprint density at radius 1 is 1.09 bits per heavy atom. The number of hydrogen-bond donors (Lipinski definition) is 2. The molecule has 0 radical (unpaired) electrons. The number of benzene rings is 3. The standard InChI is InChI=1S/C27H27N3O3S/c1-4-17(3)19-11-14-24-23(16-19)29-26(33-24)18-9-12-21(13-10-18)28-27(34)30-25(31)20-7-6-8-22(15-20)32-5-2/h6-17H,4-5H2,1-3H3,(H2,28,30,31,34)/t17-/m0/s1. The number of hydrogen-bond acceptors (Lipinski definition) is 5. The molecule has 0 unspecified atom stereocenters. The first kappa shape index (κ1) is 23.4. The molecule has 3 aromatic carbocycles. The van der Waals surface area contributed by atoms with E-state index in [2.05, 4.69) is 41.6 Å². The molecular formula is C27H27N3O3S. The Morgan fingerprint density at radius 3 is 2.62 bits per heavy atom. The summed E-state index contributed by atoms with van der Waals surface area (Å²) < 4.78 is 11.4. The fourth-order valence-corrected chi connectivity index (χ4v) is 3.75. The summed E-state index contributed by atoms with van der Waals surface area (Å²) in [4.78, 5) is 17.2. The van der Waals surface area contributed by atoms with Crippen molar-refractivity contribution in [1.82, 2.24) is 10.3 Å². The smallest absolute Gasteiger partial charge is 0.257 e. The molecule has 4 rings (SSSR count). The van der Waals surface area contributed by atoms with Gasteiger partial charge in [0.05, 0.1) is 6.61 Å². The van der Waals surface area contributed by atoms with Crippen molar-refractivity contribution in [1.29, 1.82) is 0 Å². The number of oxazole rings is 1. The number of rotatable bonds is 7. The Balaban J connectivity index is 1.41. The van der Waals surface area contributed by atoms with Crippen LogP contribution in [0.1, 0.15) is 49.0 Å². The van der Waals surface area contributed by atoms with Gasteiger partial charge in [0.15, 0.2) is 10.7 Å². The van der Waals surface area contributed by atoms with E-state index in [4.69, 9.17) is 21.4 Å². The largest absolute Gasteiger partial charge is 0.494 e. The second-order valence-electron chi connectivity index (χ2n) is 8.00. The maximum atomic E-state index is 12.5. The molecule has 1 heterocycles. The third-order valence-corrected chi connectivity index (χ3v) is 5.82. The predicted octanol–water partition coefficient (Wildman–Crippen LogP) is 6.53. The zero-order valence-corrected chi connectivity index (χ0v) is 20.2. The lowest BCUT2D eigenvalue weighted by molar-refractivity contribution is 0.0977. The van der Waals surface area contributed by atoms with Crippen molar-refractivity contribution >= 4 is 40.0 Å². The molecule has 0 fully saturated rings. The van der Waals surface area contributed by atoms with E-state index < -0.39 is 0 Å². The third-order valence-electron chi connectivity index (χ3n) is 5.62. The van der Waals surface area contributed by atoms with Gasteiger partial charge in [0.25, 0.3) is 5.91 Å². The monoisotopic (exact) mass is 473 g/mol. The minimum atomic E-state index is -0.307. The molecule has 0 spiro atoms. The van der Waals surface area contributed by atoms with Crippen molar-refractivity contribution in [2.24, 2.45) is 0 Å². The van der Waals surface area contributed by atoms with E-state index in [0.29, 0.717) is 29.7 Å². The molecule has 1 atom stereocenters. The van der Waals surface area contributed by atoms with Crippen molar-refractivity contribution in [3.05, 3.63) is 77.9 Å². The average Bonchev–Trinajstić information content (AvgIpc) is 3.27. The number of amides is 1. The van der Waals surface area contributed by atoms with Crippen LogP contribution in [0.5, 0.6) is 5.75 Å². The van der Waals surface area contributed by atoms with Gasteiger partial charge in [0.2, 0.25) is 5.89 Å². The molecule has 2 N–H and O–H groups in total. The number of carbonyl (C=O) groups excluding carboxylic acids is 1. The predicted molar refractivity (Wildman–Crippen MR) is 139 cm³/mol. The van der Waals surface area contributed by atoms with E-state index in [0.717, 1.165) is 28.8 Å². The van der Waals surface area contributed by atoms with Crippen LogP contribution in [-0.2, 0) is 0 Å². The number of anilines is 1. The summed E-state index contributed by atoms with van der Waals surface area (Å²) in [6, 6.07) is 20.7. The molecule has 0 aliphatic rings. The van der Waals surface area contributed by atoms with Gasteiger partial charge in [0, 0.05) is 16.8 Å². The number of fused-ring (bicyclic) bond motifs is 1. The quantitative estimate of drug-likeness (QED) is 0.297. The van der Waals surface area contributed by atoms with E-state index in [9.17, 15) is 4.79 Å². The number of aromatic nitrogens is 1. The number of thiocarbonyl (C=S) groups is 1. The van der Waals surface area contributed by atoms with Crippen LogP contribution in [0.3, 0.4) is 0 Å². The van der Waals surface area contributed by atoms with Crippen LogP contribution in [0.2, 0.25) is 0 Å². The molecule has 1 aromatic heterocycles. The van der Waals surface area contributed by atoms with Crippen LogP contribution in [0.25, 0.3) is 22.6 Å². The molecule has 7 heteroatoms. The number of nitrogens with zero attached hydrogens (tertiary/aromatic N) is 1. The van der Waals surface area contributed by atoms with Crippen LogP contribution in [0.15, 0.2) is 71.1 Å². The van der Waals surface area contributed by atoms with Gasteiger partial charge in [-0.3, -0.25) is 10.1 Å². The van der Waals surface area contributed by atoms with E-state index >= 15 is 0 Å². The lowest BCUT2D eigenvalue weighted by Crippen LogP contribution is -2.34. The van der Waals surface area contributed by atoms with Gasteiger partial charge in [-0.15, -0.1) is 0 Å². The van der Waals surface area contributed by atoms with Gasteiger partial charge >= 0.3 is 0 Å². The van der Waals surface area contributed by atoms with Crippen LogP contribution >= 0.6 is 12.2 Å². The molecule has 0 saturated carbocycles. The van der Waals surface area contributed by atoms with Crippen LogP contribution in [-0.4, -0.2) is 22.6 Å². The van der Waals surface area contributed by atoms with Crippen LogP contribution in [0, 0.1) is 0 Å². The molecule has 0 aliphatic heterocycles. The fourth-order valence-electron chi connectivity index (χ4n) is 3.54. The van der Waals surface area contributed by atoms with Gasteiger partial charge in [-0.1, -0.05) is 26.0 Å². The maximum absolute atomic E-state index is 12.5. The Morgan fingerprint density at radius 2 is 1.88 bits per heavy atom. The van der Waals surface area contributed by atoms with Gasteiger partial charge < -0.3 is 14.5 Å². The van der Waals surface area contributed by atoms with Gasteiger partial charge in [0.1, 0.15) is 11.3 Å². The highest BCUT2D eigenvalue weighted by Gasteiger charge is 2.12. The first-order valence-electron chi connectivity index (χ1n) is 11.3. The highest BCUT2D eigenvalue weighted by Crippen LogP contribution is 2.28. The van der Waals surface area contributed by atoms with Crippen molar-refractivity contribution in [2.45, 2.75) is 33.1 Å². The molecule has 1 amide bonds. The van der Waals surface area contributed by atoms with Crippen molar-refractivity contribution < 1.29 is 13.9 Å². The summed E-state index contributed by atoms with van der Waals surface area (Å²) in [7, 11) is 0. The highest BCUT2D eigenvalue weighted by atomic mass is 32.1. The first-order valence-corrected chi connectivity index (χ1v) is 11.7. The lowest BCUT2D eigenvalue weighted by Gasteiger charge is -2.10. The zero-order chi connectivity index (χ0) is 24.1. The maximum Gasteiger partial charge on any atom is 0.257 e. The zero-order valence-electron chi connectivity index (χ0n) is 19.4. The summed E-state index contributed by atoms with van der Waals surface area (Å²) in [6.45, 7) is 6.81. The Labute approximate surface area is 204 Å². The molecule has 0 aliphatic carbocycles. The lowest BCUT2D eigenvalue weighted by atomic mass is 9.98. The molecule has 174 valence electrons. The van der Waals surface area contributed by atoms with E-state index in [1.807, 2.05) is 37.3 Å². The summed E-state index contributed by atoms with van der Waals surface area (Å²) >= 11 is 5.30. The summed E-state index contributed by atoms with van der Waals surface area (Å²) in [5.41, 5.74) is 4.95. The van der Waals surface area contributed by atoms with E-state index in [1.54, 1.807) is 24.3 Å². The van der Waals surface area contributed by atoms with Gasteiger partial charge in [-0.05, 0) is 91.6 Å². The van der Waals surface area contributed by atoms with Crippen LogP contribution < -0.4 is 15.4 Å². The molecule has 4 aromatic rings. The van der Waals surface area contributed by atoms with E-state index in [1.165, 1.54) is 5.56 Å². The second kappa shape index (κ2) is 10.5. The normalized spacial score (nSPS) is 11.7. The number of carbonyl (C=O) groups is 1. The van der Waals surface area contributed by atoms with Gasteiger partial charge in [-0.25, -0.2) is 4.98 Å². The number of nitrogens with one attached hydrogen (secondary N) is 2. The minimum Gasteiger partial charge on any atom is -0.494 e. The highest BCUT2D eigenvalue weighted by molar-refractivity contribution is 7.80. The Hall–Kier alpha value is -3.71. The summed E-state index contributed by atoms with van der Waals surface area (Å²) in [5, 5.41) is 5.93. The first-order chi connectivity index (χ1) is 16.5. The van der Waals surface area contributed by atoms with Crippen LogP contribution in [0.4, 0.5) is 5.69 Å². The third kappa shape index (κ3) is 5.43. The SMILES string of the molecule is CCOc1cccc(C(=O)NC(=S)Nc2ccc(-c3nc4cc([C@@H](C)CC)ccc4o3)cc2)c1. The number of ether oxygens (including phenoxy) is 1. The molecule has 6 nitrogen and oxygen atoms in total. The minimum absolute atomic E-state index is 0.207. The fraction of sp³-hybridized carbons (Fsp3) is 0.222. The topological polar surface area (TPSA) is 76.4 Å². The van der Waals surface area contributed by atoms with Crippen molar-refractivity contribution in [3.63, 3.8) is 0 Å². The Bertz CT molecular complexity index is 1310. The molecular weight excluding hydrogens is 446 g/mol. The molecule has 0 bridgehead atoms. The molecule has 0 saturated heterocycles. The Kier molecular flexibility index (Phi) is 7.23. The summed E-state index contributed by atoms with van der Waals surface area (Å²) in [6.07, 6.45) is 1.08.